The minimum absolute atomic E-state index is 0.215. The van der Waals surface area contributed by atoms with Gasteiger partial charge in [-0.1, -0.05) is 46.3 Å². The van der Waals surface area contributed by atoms with Crippen molar-refractivity contribution >= 4 is 49.2 Å². The molecule has 3 rings (SSSR count). The molecule has 0 saturated heterocycles. The molecule has 23 heavy (non-hydrogen) atoms. The molecule has 0 radical (unpaired) electrons. The van der Waals surface area contributed by atoms with Crippen molar-refractivity contribution in [1.82, 2.24) is 0 Å². The summed E-state index contributed by atoms with van der Waals surface area (Å²) < 4.78 is 4.49. The monoisotopic (exact) mass is 437 g/mol. The Balaban J connectivity index is 2.14. The zero-order chi connectivity index (χ0) is 16.6. The van der Waals surface area contributed by atoms with Crippen molar-refractivity contribution < 1.29 is 14.3 Å². The fraction of sp³-hybridized carbons (Fsp3) is 0.176. The molecule has 1 amide bonds. The highest BCUT2D eigenvalue weighted by Crippen LogP contribution is 2.46. The van der Waals surface area contributed by atoms with Crippen molar-refractivity contribution in [3.63, 3.8) is 0 Å². The van der Waals surface area contributed by atoms with Crippen LogP contribution in [-0.4, -0.2) is 21.2 Å². The third-order valence-electron chi connectivity index (χ3n) is 3.64. The first-order valence-corrected chi connectivity index (χ1v) is 8.66. The lowest BCUT2D eigenvalue weighted by molar-refractivity contribution is -0.125. The van der Waals surface area contributed by atoms with E-state index in [1.807, 2.05) is 12.1 Å². The molecule has 4 nitrogen and oxygen atoms in total. The Bertz CT molecular complexity index is 765. The van der Waals surface area contributed by atoms with Crippen LogP contribution in [0.5, 0.6) is 5.75 Å². The van der Waals surface area contributed by atoms with Crippen LogP contribution in [0.15, 0.2) is 54.6 Å². The maximum atomic E-state index is 13.0. The molecule has 2 unspecified atom stereocenters. The van der Waals surface area contributed by atoms with E-state index in [0.717, 1.165) is 0 Å². The minimum Gasteiger partial charge on any atom is -0.463 e. The number of Topliss-reactive ketones (excluding diaryl/α,β-unsaturated/α-hetero) is 1. The fourth-order valence-corrected chi connectivity index (χ4v) is 3.61. The van der Waals surface area contributed by atoms with E-state index in [9.17, 15) is 9.59 Å². The number of carbonyl (C=O) groups is 2. The second-order valence-electron chi connectivity index (χ2n) is 5.15. The SMILES string of the molecule is CC(=O)C1(Br)Oc2ccccc2N(C(=O)c2ccccc2)C1Br. The number of fused-ring (bicyclic) bond motifs is 1. The maximum absolute atomic E-state index is 13.0. The maximum Gasteiger partial charge on any atom is 0.259 e. The van der Waals surface area contributed by atoms with Crippen LogP contribution in [0.4, 0.5) is 5.69 Å². The normalized spacial score (nSPS) is 22.9. The number of ether oxygens (including phenoxy) is 1. The summed E-state index contributed by atoms with van der Waals surface area (Å²) >= 11 is 6.82. The zero-order valence-electron chi connectivity index (χ0n) is 12.2. The second kappa shape index (κ2) is 6.09. The quantitative estimate of drug-likeness (QED) is 0.523. The molecule has 2 aromatic carbocycles. The van der Waals surface area contributed by atoms with Gasteiger partial charge in [-0.25, -0.2) is 0 Å². The summed E-state index contributed by atoms with van der Waals surface area (Å²) in [6.07, 6.45) is 0. The average Bonchev–Trinajstić information content (AvgIpc) is 2.56. The first-order valence-electron chi connectivity index (χ1n) is 6.96. The molecular formula is C17H13Br2NO3. The Labute approximate surface area is 150 Å². The number of hydrogen-bond acceptors (Lipinski definition) is 3. The third-order valence-corrected chi connectivity index (χ3v) is 6.46. The van der Waals surface area contributed by atoms with Crippen LogP contribution < -0.4 is 9.64 Å². The molecule has 1 aliphatic heterocycles. The lowest BCUT2D eigenvalue weighted by atomic mass is 10.1. The molecule has 2 atom stereocenters. The first-order chi connectivity index (χ1) is 10.9. The Kier molecular flexibility index (Phi) is 4.29. The molecule has 0 spiro atoms. The number of alkyl halides is 2. The highest BCUT2D eigenvalue weighted by Gasteiger charge is 2.51. The van der Waals surface area contributed by atoms with Gasteiger partial charge in [0.2, 0.25) is 0 Å². The Morgan fingerprint density at radius 3 is 2.35 bits per heavy atom. The number of halogens is 2. The van der Waals surface area contributed by atoms with Gasteiger partial charge in [-0.15, -0.1) is 0 Å². The predicted molar refractivity (Wildman–Crippen MR) is 95.4 cm³/mol. The van der Waals surface area contributed by atoms with Gasteiger partial charge in [0.25, 0.3) is 10.4 Å². The molecule has 0 N–H and O–H groups in total. The standard InChI is InChI=1S/C17H13Br2NO3/c1-11(21)17(19)16(18)20(13-9-5-6-10-14(13)23-17)15(22)12-7-3-2-4-8-12/h2-10,16H,1H3. The van der Waals surface area contributed by atoms with Crippen LogP contribution in [0.1, 0.15) is 17.3 Å². The summed E-state index contributed by atoms with van der Waals surface area (Å²) in [5, 5.41) is 0. The summed E-state index contributed by atoms with van der Waals surface area (Å²) in [4.78, 5) is 25.9. The van der Waals surface area contributed by atoms with Gasteiger partial charge in [0.05, 0.1) is 5.69 Å². The van der Waals surface area contributed by atoms with Crippen molar-refractivity contribution in [3.05, 3.63) is 60.2 Å². The number of rotatable bonds is 2. The van der Waals surface area contributed by atoms with Crippen LogP contribution in [-0.2, 0) is 4.79 Å². The van der Waals surface area contributed by atoms with Crippen LogP contribution in [0.2, 0.25) is 0 Å². The predicted octanol–water partition coefficient (Wildman–Crippen LogP) is 4.13. The number of benzene rings is 2. The average molecular weight is 439 g/mol. The molecule has 118 valence electrons. The summed E-state index contributed by atoms with van der Waals surface area (Å²) in [6, 6.07) is 16.1. The van der Waals surface area contributed by atoms with E-state index < -0.39 is 9.46 Å². The smallest absolute Gasteiger partial charge is 0.259 e. The Hall–Kier alpha value is -1.66. The van der Waals surface area contributed by atoms with Crippen molar-refractivity contribution in [2.24, 2.45) is 0 Å². The molecule has 0 aromatic heterocycles. The van der Waals surface area contributed by atoms with Crippen molar-refractivity contribution in [3.8, 4) is 5.75 Å². The van der Waals surface area contributed by atoms with E-state index in [2.05, 4.69) is 31.9 Å². The van der Waals surface area contributed by atoms with Gasteiger partial charge in [-0.3, -0.25) is 14.5 Å². The van der Waals surface area contributed by atoms with E-state index in [1.54, 1.807) is 42.5 Å². The molecule has 0 saturated carbocycles. The zero-order valence-corrected chi connectivity index (χ0v) is 15.4. The van der Waals surface area contributed by atoms with Crippen molar-refractivity contribution in [2.45, 2.75) is 16.4 Å². The molecule has 0 bridgehead atoms. The number of carbonyl (C=O) groups excluding carboxylic acids is 2. The second-order valence-corrected chi connectivity index (χ2v) is 7.19. The number of amides is 1. The van der Waals surface area contributed by atoms with Gasteiger partial charge < -0.3 is 4.74 Å². The Morgan fingerprint density at radius 2 is 1.70 bits per heavy atom. The molecule has 6 heteroatoms. The first kappa shape index (κ1) is 16.2. The van der Waals surface area contributed by atoms with E-state index >= 15 is 0 Å². The topological polar surface area (TPSA) is 46.6 Å². The van der Waals surface area contributed by atoms with Crippen LogP contribution in [0.25, 0.3) is 0 Å². The highest BCUT2D eigenvalue weighted by molar-refractivity contribution is 9.12. The van der Waals surface area contributed by atoms with E-state index in [1.165, 1.54) is 11.8 Å². The van der Waals surface area contributed by atoms with Crippen molar-refractivity contribution in [1.29, 1.82) is 0 Å². The van der Waals surface area contributed by atoms with Crippen LogP contribution in [0, 0.1) is 0 Å². The number of anilines is 1. The highest BCUT2D eigenvalue weighted by atomic mass is 79.9. The number of ketones is 1. The number of nitrogens with zero attached hydrogens (tertiary/aromatic N) is 1. The van der Waals surface area contributed by atoms with Gasteiger partial charge in [0.1, 0.15) is 10.7 Å². The summed E-state index contributed by atoms with van der Waals surface area (Å²) in [6.45, 7) is 1.42. The largest absolute Gasteiger partial charge is 0.463 e. The summed E-state index contributed by atoms with van der Waals surface area (Å²) in [7, 11) is 0. The van der Waals surface area contributed by atoms with Crippen LogP contribution in [0.3, 0.4) is 0 Å². The number of hydrogen-bond donors (Lipinski definition) is 0. The van der Waals surface area contributed by atoms with Crippen LogP contribution >= 0.6 is 31.9 Å². The lowest BCUT2D eigenvalue weighted by Crippen LogP contribution is -2.58. The van der Waals surface area contributed by atoms with Crippen molar-refractivity contribution in [2.75, 3.05) is 4.90 Å². The molecule has 0 aliphatic carbocycles. The summed E-state index contributed by atoms with van der Waals surface area (Å²) in [5.74, 6) is 0.0209. The minimum atomic E-state index is -1.34. The van der Waals surface area contributed by atoms with Gasteiger partial charge >= 0.3 is 0 Å². The van der Waals surface area contributed by atoms with E-state index in [0.29, 0.717) is 17.0 Å². The lowest BCUT2D eigenvalue weighted by Gasteiger charge is -2.43. The third kappa shape index (κ3) is 2.70. The van der Waals surface area contributed by atoms with Gasteiger partial charge in [0, 0.05) is 5.56 Å². The molecule has 2 aromatic rings. The van der Waals surface area contributed by atoms with E-state index in [4.69, 9.17) is 4.74 Å². The number of para-hydroxylation sites is 2. The van der Waals surface area contributed by atoms with Gasteiger partial charge in [0.15, 0.2) is 5.78 Å². The molecule has 0 fully saturated rings. The van der Waals surface area contributed by atoms with Gasteiger partial charge in [-0.2, -0.15) is 0 Å². The Morgan fingerprint density at radius 1 is 1.09 bits per heavy atom. The van der Waals surface area contributed by atoms with Gasteiger partial charge in [-0.05, 0) is 47.1 Å². The summed E-state index contributed by atoms with van der Waals surface area (Å²) in [5.41, 5.74) is 1.15. The molecule has 1 aliphatic rings. The molecular weight excluding hydrogens is 426 g/mol. The molecule has 1 heterocycles. The fourth-order valence-electron chi connectivity index (χ4n) is 2.41. The van der Waals surface area contributed by atoms with E-state index in [-0.39, 0.29) is 11.7 Å².